The van der Waals surface area contributed by atoms with Gasteiger partial charge < -0.3 is 39.6 Å². The summed E-state index contributed by atoms with van der Waals surface area (Å²) in [5.41, 5.74) is 1.51. The standard InChI is InChI=1S/C47H65N3O10/c1-8-10-14-25-47(26-15-11-9-2)58-39-29-35(28-38(42(39)60-47)57-45(56)37-20-13-12-18-33(37)21-23-40(52)50(6)7)43(54)48-30-32-17-16-19-34(27-32)44(55)49-36(31-51)22-24-41(53)59-46(3,4)5/h12-13,16-21,23,27,29,36,38-39,42,51H,8-11,14-15,22,24-26,28,30-31H2,1-7H3,(H,48,54)(H,49,55)/t36-,38+,39+,42-/m0/s1. The predicted molar refractivity (Wildman–Crippen MR) is 229 cm³/mol. The minimum atomic E-state index is -0.883. The first kappa shape index (κ1) is 47.8. The summed E-state index contributed by atoms with van der Waals surface area (Å²) < 4.78 is 25.1. The van der Waals surface area contributed by atoms with Gasteiger partial charge in [0.25, 0.3) is 5.91 Å². The Balaban J connectivity index is 1.51. The minimum absolute atomic E-state index is 0.0338. The van der Waals surface area contributed by atoms with Gasteiger partial charge in [-0.15, -0.1) is 0 Å². The molecule has 0 bridgehead atoms. The van der Waals surface area contributed by atoms with Crippen molar-refractivity contribution in [3.63, 3.8) is 0 Å². The molecule has 0 spiro atoms. The average molecular weight is 832 g/mol. The van der Waals surface area contributed by atoms with E-state index in [1.54, 1.807) is 95.5 Å². The number of aliphatic hydroxyl groups is 1. The summed E-state index contributed by atoms with van der Waals surface area (Å²) in [4.78, 5) is 66.9. The number of nitrogens with zero attached hydrogens (tertiary/aromatic N) is 1. The van der Waals surface area contributed by atoms with Gasteiger partial charge in [-0.25, -0.2) is 4.79 Å². The smallest absolute Gasteiger partial charge is 0.339 e. The zero-order valence-electron chi connectivity index (χ0n) is 36.4. The van der Waals surface area contributed by atoms with Gasteiger partial charge in [0, 0.05) is 63.5 Å². The van der Waals surface area contributed by atoms with Gasteiger partial charge in [0.05, 0.1) is 18.2 Å². The highest BCUT2D eigenvalue weighted by Crippen LogP contribution is 2.43. The Kier molecular flexibility index (Phi) is 18.1. The number of fused-ring (bicyclic) bond motifs is 1. The molecule has 328 valence electrons. The van der Waals surface area contributed by atoms with Crippen LogP contribution in [0.1, 0.15) is 137 Å². The van der Waals surface area contributed by atoms with Crippen molar-refractivity contribution in [1.29, 1.82) is 0 Å². The highest BCUT2D eigenvalue weighted by atomic mass is 16.8. The second-order valence-corrected chi connectivity index (χ2v) is 16.8. The van der Waals surface area contributed by atoms with Crippen LogP contribution in [0, 0.1) is 0 Å². The maximum Gasteiger partial charge on any atom is 0.339 e. The van der Waals surface area contributed by atoms with Crippen molar-refractivity contribution in [3.8, 4) is 0 Å². The molecule has 1 fully saturated rings. The molecular formula is C47H65N3O10. The van der Waals surface area contributed by atoms with Gasteiger partial charge in [0.15, 0.2) is 5.79 Å². The second kappa shape index (κ2) is 22.7. The first-order valence-electron chi connectivity index (χ1n) is 21.3. The third kappa shape index (κ3) is 14.4. The molecule has 13 heteroatoms. The maximum absolute atomic E-state index is 13.9. The number of hydrogen-bond donors (Lipinski definition) is 3. The van der Waals surface area contributed by atoms with E-state index < -0.39 is 53.6 Å². The monoisotopic (exact) mass is 831 g/mol. The molecule has 4 atom stereocenters. The Hall–Kier alpha value is -4.85. The van der Waals surface area contributed by atoms with Crippen molar-refractivity contribution in [2.24, 2.45) is 0 Å². The topological polar surface area (TPSA) is 170 Å². The van der Waals surface area contributed by atoms with Crippen molar-refractivity contribution in [3.05, 3.63) is 88.5 Å². The molecule has 0 radical (unpaired) electrons. The fourth-order valence-electron chi connectivity index (χ4n) is 7.22. The lowest BCUT2D eigenvalue weighted by Gasteiger charge is -2.31. The molecule has 0 aromatic heterocycles. The van der Waals surface area contributed by atoms with Crippen LogP contribution < -0.4 is 10.6 Å². The van der Waals surface area contributed by atoms with Crippen molar-refractivity contribution in [2.75, 3.05) is 20.7 Å². The number of carbonyl (C=O) groups excluding carboxylic acids is 5. The Morgan fingerprint density at radius 1 is 0.950 bits per heavy atom. The molecule has 0 saturated carbocycles. The van der Waals surface area contributed by atoms with Crippen molar-refractivity contribution < 1.29 is 48.0 Å². The molecule has 13 nitrogen and oxygen atoms in total. The number of rotatable bonds is 21. The van der Waals surface area contributed by atoms with Gasteiger partial charge in [0.2, 0.25) is 11.8 Å². The van der Waals surface area contributed by atoms with E-state index in [4.69, 9.17) is 18.9 Å². The normalized spacial score (nSPS) is 18.9. The molecule has 1 aliphatic heterocycles. The second-order valence-electron chi connectivity index (χ2n) is 16.8. The summed E-state index contributed by atoms with van der Waals surface area (Å²) in [6.07, 6.45) is 10.2. The quantitative estimate of drug-likeness (QED) is 0.0690. The lowest BCUT2D eigenvalue weighted by atomic mass is 9.91. The summed E-state index contributed by atoms with van der Waals surface area (Å²) in [5.74, 6) is -2.95. The number of nitrogens with one attached hydrogen (secondary N) is 2. The molecule has 2 aliphatic rings. The van der Waals surface area contributed by atoms with E-state index in [1.165, 1.54) is 11.0 Å². The van der Waals surface area contributed by atoms with E-state index >= 15 is 0 Å². The third-order valence-electron chi connectivity index (χ3n) is 10.4. The lowest BCUT2D eigenvalue weighted by Crippen LogP contribution is -2.43. The molecule has 60 heavy (non-hydrogen) atoms. The number of hydrogen-bond acceptors (Lipinski definition) is 10. The Bertz CT molecular complexity index is 1840. The van der Waals surface area contributed by atoms with Crippen LogP contribution in [0.4, 0.5) is 0 Å². The van der Waals surface area contributed by atoms with E-state index in [9.17, 15) is 29.1 Å². The van der Waals surface area contributed by atoms with Crippen molar-refractivity contribution in [1.82, 2.24) is 15.5 Å². The number of carbonyl (C=O) groups is 5. The molecule has 3 amide bonds. The summed E-state index contributed by atoms with van der Waals surface area (Å²) >= 11 is 0. The molecule has 2 aromatic carbocycles. The predicted octanol–water partition coefficient (Wildman–Crippen LogP) is 6.81. The van der Waals surface area contributed by atoms with E-state index in [0.717, 1.165) is 38.5 Å². The highest BCUT2D eigenvalue weighted by molar-refractivity contribution is 5.98. The zero-order chi connectivity index (χ0) is 43.9. The summed E-state index contributed by atoms with van der Waals surface area (Å²) in [7, 11) is 3.29. The Morgan fingerprint density at radius 2 is 1.65 bits per heavy atom. The third-order valence-corrected chi connectivity index (χ3v) is 10.4. The Morgan fingerprint density at radius 3 is 2.30 bits per heavy atom. The zero-order valence-corrected chi connectivity index (χ0v) is 36.4. The summed E-state index contributed by atoms with van der Waals surface area (Å²) in [6, 6.07) is 13.0. The van der Waals surface area contributed by atoms with E-state index in [-0.39, 0.29) is 49.8 Å². The number of unbranched alkanes of at least 4 members (excludes halogenated alkanes) is 4. The molecular weight excluding hydrogens is 767 g/mol. The van der Waals surface area contributed by atoms with Crippen LogP contribution in [0.3, 0.4) is 0 Å². The van der Waals surface area contributed by atoms with Crippen LogP contribution in [-0.2, 0) is 39.9 Å². The fraction of sp³-hybridized carbons (Fsp3) is 0.553. The number of ether oxygens (including phenoxy) is 4. The number of esters is 2. The number of aliphatic hydroxyl groups excluding tert-OH is 1. The van der Waals surface area contributed by atoms with Crippen molar-refractivity contribution >= 4 is 35.7 Å². The van der Waals surface area contributed by atoms with E-state index in [2.05, 4.69) is 24.5 Å². The number of amides is 3. The summed E-state index contributed by atoms with van der Waals surface area (Å²) in [6.45, 7) is 9.34. The largest absolute Gasteiger partial charge is 0.460 e. The fourth-order valence-corrected chi connectivity index (χ4v) is 7.22. The van der Waals surface area contributed by atoms with Crippen LogP contribution in [0.2, 0.25) is 0 Å². The minimum Gasteiger partial charge on any atom is -0.460 e. The number of likely N-dealkylation sites (N-methyl/N-ethyl adjacent to an activating group) is 1. The molecule has 0 unspecified atom stereocenters. The molecule has 1 aliphatic carbocycles. The van der Waals surface area contributed by atoms with Crippen molar-refractivity contribution in [2.45, 2.75) is 148 Å². The lowest BCUT2D eigenvalue weighted by molar-refractivity contribution is -0.190. The highest BCUT2D eigenvalue weighted by Gasteiger charge is 2.52. The molecule has 3 N–H and O–H groups in total. The van der Waals surface area contributed by atoms with Gasteiger partial charge in [-0.3, -0.25) is 19.2 Å². The van der Waals surface area contributed by atoms with Crippen LogP contribution in [0.15, 0.2) is 66.3 Å². The van der Waals surface area contributed by atoms with Crippen LogP contribution in [0.5, 0.6) is 0 Å². The van der Waals surface area contributed by atoms with Gasteiger partial charge in [-0.2, -0.15) is 0 Å². The first-order chi connectivity index (χ1) is 28.6. The maximum atomic E-state index is 13.9. The number of benzene rings is 2. The molecule has 4 rings (SSSR count). The van der Waals surface area contributed by atoms with Gasteiger partial charge in [-0.1, -0.05) is 69.9 Å². The first-order valence-corrected chi connectivity index (χ1v) is 21.3. The van der Waals surface area contributed by atoms with E-state index in [1.807, 2.05) is 0 Å². The Labute approximate surface area is 355 Å². The van der Waals surface area contributed by atoms with Crippen LogP contribution in [-0.4, -0.2) is 96.1 Å². The summed E-state index contributed by atoms with van der Waals surface area (Å²) in [5, 5.41) is 15.6. The molecule has 2 aromatic rings. The van der Waals surface area contributed by atoms with Crippen LogP contribution in [0.25, 0.3) is 6.08 Å². The van der Waals surface area contributed by atoms with Gasteiger partial charge >= 0.3 is 11.9 Å². The van der Waals surface area contributed by atoms with Gasteiger partial charge in [0.1, 0.15) is 23.9 Å². The molecule has 1 saturated heterocycles. The van der Waals surface area contributed by atoms with Crippen LogP contribution >= 0.6 is 0 Å². The van der Waals surface area contributed by atoms with E-state index in [0.29, 0.717) is 35.1 Å². The van der Waals surface area contributed by atoms with Gasteiger partial charge in [-0.05, 0) is 81.5 Å². The molecule has 1 heterocycles. The average Bonchev–Trinajstić information content (AvgIpc) is 3.58. The SMILES string of the molecule is CCCCCC1(CCCCC)O[C@@H]2[C@@H](C=C(C(=O)NCc3cccc(C(=O)N[C@H](CO)CCC(=O)OC(C)(C)C)c3)C[C@H]2OC(=O)c2ccccc2C=CC(=O)N(C)C)O1.